The van der Waals surface area contributed by atoms with E-state index in [0.29, 0.717) is 0 Å². The molecule has 2 nitrogen and oxygen atoms in total. The molecule has 0 saturated carbocycles. The van der Waals surface area contributed by atoms with Crippen molar-refractivity contribution in [2.75, 3.05) is 0 Å². The molecule has 4 heteroatoms. The first-order chi connectivity index (χ1) is 5.27. The predicted molar refractivity (Wildman–Crippen MR) is 42.9 cm³/mol. The molecule has 2 aromatic heterocycles. The van der Waals surface area contributed by atoms with E-state index in [9.17, 15) is 4.39 Å². The van der Waals surface area contributed by atoms with Crippen molar-refractivity contribution in [1.29, 1.82) is 0 Å². The average Bonchev–Trinajstić information content (AvgIpc) is 2.33. The van der Waals surface area contributed by atoms with Gasteiger partial charge >= 0.3 is 0 Å². The zero-order valence-corrected chi connectivity index (χ0v) is 7.05. The molecule has 0 amide bonds. The van der Waals surface area contributed by atoms with Crippen LogP contribution in [0.5, 0.6) is 0 Å². The third-order valence-corrected chi connectivity index (χ3v) is 2.01. The van der Waals surface area contributed by atoms with Crippen LogP contribution in [0.25, 0.3) is 5.65 Å². The van der Waals surface area contributed by atoms with Gasteiger partial charge in [0.25, 0.3) is 0 Å². The van der Waals surface area contributed by atoms with Gasteiger partial charge in [0, 0.05) is 6.20 Å². The molecule has 11 heavy (non-hydrogen) atoms. The molecule has 0 radical (unpaired) electrons. The van der Waals surface area contributed by atoms with Crippen molar-refractivity contribution >= 4 is 21.6 Å². The summed E-state index contributed by atoms with van der Waals surface area (Å²) in [5.74, 6) is -0.267. The fourth-order valence-electron chi connectivity index (χ4n) is 0.925. The minimum Gasteiger partial charge on any atom is -0.291 e. The van der Waals surface area contributed by atoms with Gasteiger partial charge in [-0.25, -0.2) is 9.37 Å². The van der Waals surface area contributed by atoms with Gasteiger partial charge in [-0.3, -0.25) is 4.40 Å². The number of aromatic nitrogens is 2. The summed E-state index contributed by atoms with van der Waals surface area (Å²) in [7, 11) is 0. The van der Waals surface area contributed by atoms with Crippen molar-refractivity contribution in [3.05, 3.63) is 34.9 Å². The van der Waals surface area contributed by atoms with Crippen molar-refractivity contribution in [2.45, 2.75) is 0 Å². The second-order valence-corrected chi connectivity index (χ2v) is 2.97. The van der Waals surface area contributed by atoms with Crippen molar-refractivity contribution < 1.29 is 4.39 Å². The van der Waals surface area contributed by atoms with E-state index in [2.05, 4.69) is 20.9 Å². The fourth-order valence-corrected chi connectivity index (χ4v) is 1.31. The first-order valence-electron chi connectivity index (χ1n) is 3.05. The minimum absolute atomic E-state index is 0.267. The summed E-state index contributed by atoms with van der Waals surface area (Å²) >= 11 is 3.23. The van der Waals surface area contributed by atoms with Crippen molar-refractivity contribution in [3.8, 4) is 0 Å². The Kier molecular flexibility index (Phi) is 1.42. The maximum absolute atomic E-state index is 12.6. The number of fused-ring (bicyclic) bond motifs is 1. The van der Waals surface area contributed by atoms with E-state index in [1.165, 1.54) is 12.3 Å². The van der Waals surface area contributed by atoms with Crippen molar-refractivity contribution in [1.82, 2.24) is 9.38 Å². The van der Waals surface area contributed by atoms with Gasteiger partial charge in [-0.15, -0.1) is 0 Å². The largest absolute Gasteiger partial charge is 0.291 e. The molecule has 0 unspecified atom stereocenters. The Morgan fingerprint density at radius 2 is 2.27 bits per heavy atom. The van der Waals surface area contributed by atoms with Crippen LogP contribution < -0.4 is 0 Å². The second-order valence-electron chi connectivity index (χ2n) is 2.16. The molecule has 0 fully saturated rings. The van der Waals surface area contributed by atoms with E-state index in [1.54, 1.807) is 16.7 Å². The summed E-state index contributed by atoms with van der Waals surface area (Å²) in [6.07, 6.45) is 3.02. The Morgan fingerprint density at radius 1 is 1.45 bits per heavy atom. The molecule has 0 saturated heterocycles. The second kappa shape index (κ2) is 2.30. The van der Waals surface area contributed by atoms with E-state index < -0.39 is 0 Å². The lowest BCUT2D eigenvalue weighted by Gasteiger charge is -1.93. The lowest BCUT2D eigenvalue weighted by atomic mass is 10.5. The van der Waals surface area contributed by atoms with Gasteiger partial charge in [0.15, 0.2) is 0 Å². The molecular formula is C7H4BrFN2. The van der Waals surface area contributed by atoms with Gasteiger partial charge in [0.05, 0.1) is 6.20 Å². The van der Waals surface area contributed by atoms with Crippen molar-refractivity contribution in [2.24, 2.45) is 0 Å². The summed E-state index contributed by atoms with van der Waals surface area (Å²) in [4.78, 5) is 4.01. The number of hydrogen-bond acceptors (Lipinski definition) is 1. The van der Waals surface area contributed by atoms with Gasteiger partial charge in [-0.2, -0.15) is 0 Å². The van der Waals surface area contributed by atoms with Crippen LogP contribution in [0.3, 0.4) is 0 Å². The highest BCUT2D eigenvalue weighted by Gasteiger charge is 1.99. The van der Waals surface area contributed by atoms with Gasteiger partial charge in [0.2, 0.25) is 0 Å². The van der Waals surface area contributed by atoms with Crippen LogP contribution in [0.15, 0.2) is 29.1 Å². The molecule has 0 aliphatic carbocycles. The van der Waals surface area contributed by atoms with Crippen LogP contribution in [0, 0.1) is 5.82 Å². The van der Waals surface area contributed by atoms with Crippen LogP contribution in [0.4, 0.5) is 4.39 Å². The third-order valence-electron chi connectivity index (χ3n) is 1.42. The van der Waals surface area contributed by atoms with Gasteiger partial charge in [-0.05, 0) is 28.1 Å². The van der Waals surface area contributed by atoms with Crippen LogP contribution >= 0.6 is 15.9 Å². The topological polar surface area (TPSA) is 17.3 Å². The molecule has 0 aromatic carbocycles. The first-order valence-corrected chi connectivity index (χ1v) is 3.85. The monoisotopic (exact) mass is 214 g/mol. The molecule has 0 spiro atoms. The Hall–Kier alpha value is -0.900. The molecule has 2 aromatic rings. The molecular weight excluding hydrogens is 211 g/mol. The molecule has 2 rings (SSSR count). The predicted octanol–water partition coefficient (Wildman–Crippen LogP) is 2.24. The molecule has 2 heterocycles. The average molecular weight is 215 g/mol. The SMILES string of the molecule is Fc1ccc2ncc(Br)n2c1. The number of imidazole rings is 1. The minimum atomic E-state index is -0.267. The van der Waals surface area contributed by atoms with Crippen LogP contribution in [0.2, 0.25) is 0 Å². The van der Waals surface area contributed by atoms with E-state index in [-0.39, 0.29) is 5.82 Å². The molecule has 0 N–H and O–H groups in total. The Balaban J connectivity index is 2.87. The zero-order chi connectivity index (χ0) is 7.84. The lowest BCUT2D eigenvalue weighted by molar-refractivity contribution is 0.618. The molecule has 56 valence electrons. The fraction of sp³-hybridized carbons (Fsp3) is 0. The first kappa shape index (κ1) is 6.79. The highest BCUT2D eigenvalue weighted by atomic mass is 79.9. The summed E-state index contributed by atoms with van der Waals surface area (Å²) in [5.41, 5.74) is 0.735. The third kappa shape index (κ3) is 1.03. The summed E-state index contributed by atoms with van der Waals surface area (Å²) < 4.78 is 15.0. The Morgan fingerprint density at radius 3 is 3.09 bits per heavy atom. The van der Waals surface area contributed by atoms with Crippen molar-refractivity contribution in [3.63, 3.8) is 0 Å². The summed E-state index contributed by atoms with van der Waals surface area (Å²) in [6, 6.07) is 3.01. The zero-order valence-electron chi connectivity index (χ0n) is 5.46. The quantitative estimate of drug-likeness (QED) is 0.658. The molecule has 0 aliphatic heterocycles. The number of nitrogens with zero attached hydrogens (tertiary/aromatic N) is 2. The number of hydrogen-bond donors (Lipinski definition) is 0. The van der Waals surface area contributed by atoms with Gasteiger partial charge < -0.3 is 0 Å². The maximum atomic E-state index is 12.6. The van der Waals surface area contributed by atoms with E-state index in [1.807, 2.05) is 0 Å². The number of rotatable bonds is 0. The molecule has 0 aliphatic rings. The molecule has 0 bridgehead atoms. The Bertz CT molecular complexity index is 396. The molecule has 0 atom stereocenters. The standard InChI is InChI=1S/C7H4BrFN2/c8-6-3-10-7-2-1-5(9)4-11(6)7/h1-4H. The highest BCUT2D eigenvalue weighted by molar-refractivity contribution is 9.10. The normalized spacial score (nSPS) is 10.7. The van der Waals surface area contributed by atoms with E-state index >= 15 is 0 Å². The van der Waals surface area contributed by atoms with E-state index in [0.717, 1.165) is 10.3 Å². The van der Waals surface area contributed by atoms with E-state index in [4.69, 9.17) is 0 Å². The maximum Gasteiger partial charge on any atom is 0.139 e. The van der Waals surface area contributed by atoms with Gasteiger partial charge in [-0.1, -0.05) is 0 Å². The lowest BCUT2D eigenvalue weighted by Crippen LogP contribution is -1.85. The number of halogens is 2. The summed E-state index contributed by atoms with van der Waals surface area (Å²) in [5, 5.41) is 0. The van der Waals surface area contributed by atoms with Crippen LogP contribution in [0.1, 0.15) is 0 Å². The van der Waals surface area contributed by atoms with Crippen LogP contribution in [-0.2, 0) is 0 Å². The highest BCUT2D eigenvalue weighted by Crippen LogP contribution is 2.12. The number of pyridine rings is 1. The van der Waals surface area contributed by atoms with Crippen LogP contribution in [-0.4, -0.2) is 9.38 Å². The Labute approximate surface area is 70.8 Å². The van der Waals surface area contributed by atoms with Gasteiger partial charge in [0.1, 0.15) is 16.1 Å². The smallest absolute Gasteiger partial charge is 0.139 e. The summed E-state index contributed by atoms with van der Waals surface area (Å²) in [6.45, 7) is 0.